The largest absolute Gasteiger partial charge is 0.466 e. The van der Waals surface area contributed by atoms with Crippen molar-refractivity contribution in [1.29, 1.82) is 0 Å². The van der Waals surface area contributed by atoms with Crippen LogP contribution in [0.1, 0.15) is 17.5 Å². The number of amides is 1. The Morgan fingerprint density at radius 2 is 2.21 bits per heavy atom. The molecule has 1 aromatic carbocycles. The van der Waals surface area contributed by atoms with Crippen LogP contribution in [0.2, 0.25) is 0 Å². The molecule has 0 spiro atoms. The van der Waals surface area contributed by atoms with Gasteiger partial charge in [0.05, 0.1) is 7.11 Å². The van der Waals surface area contributed by atoms with Gasteiger partial charge >= 0.3 is 6.01 Å². The average Bonchev–Trinajstić information content (AvgIpc) is 2.85. The number of aryl methyl sites for hydroxylation is 2. The van der Waals surface area contributed by atoms with E-state index in [2.05, 4.69) is 20.5 Å². The predicted molar refractivity (Wildman–Crippen MR) is 71.1 cm³/mol. The highest BCUT2D eigenvalue weighted by Gasteiger charge is 2.08. The van der Waals surface area contributed by atoms with Crippen molar-refractivity contribution < 1.29 is 9.53 Å². The van der Waals surface area contributed by atoms with Crippen LogP contribution < -0.4 is 10.1 Å². The highest BCUT2D eigenvalue weighted by molar-refractivity contribution is 5.89. The fourth-order valence-corrected chi connectivity index (χ4v) is 1.73. The number of aromatic nitrogens is 3. The van der Waals surface area contributed by atoms with E-state index < -0.39 is 0 Å². The topological polar surface area (TPSA) is 79.9 Å². The summed E-state index contributed by atoms with van der Waals surface area (Å²) in [4.78, 5) is 15.7. The lowest BCUT2D eigenvalue weighted by Crippen LogP contribution is -2.13. The van der Waals surface area contributed by atoms with Crippen molar-refractivity contribution >= 4 is 11.9 Å². The number of ether oxygens (including phenoxy) is 1. The molecule has 100 valence electrons. The Bertz CT molecular complexity index is 565. The molecular formula is C13H16N4O2. The average molecular weight is 260 g/mol. The molecule has 0 saturated carbocycles. The lowest BCUT2D eigenvalue weighted by atomic mass is 10.0. The molecular weight excluding hydrogens is 244 g/mol. The summed E-state index contributed by atoms with van der Waals surface area (Å²) in [5.74, 6) is 0.189. The van der Waals surface area contributed by atoms with E-state index in [0.717, 1.165) is 0 Å². The van der Waals surface area contributed by atoms with Gasteiger partial charge in [-0.25, -0.2) is 5.10 Å². The van der Waals surface area contributed by atoms with Gasteiger partial charge in [0, 0.05) is 6.42 Å². The molecule has 0 radical (unpaired) electrons. The molecule has 0 bridgehead atoms. The first-order valence-electron chi connectivity index (χ1n) is 6.00. The Labute approximate surface area is 111 Å². The molecule has 0 atom stereocenters. The van der Waals surface area contributed by atoms with Gasteiger partial charge in [0.2, 0.25) is 11.9 Å². The van der Waals surface area contributed by atoms with Gasteiger partial charge < -0.3 is 4.74 Å². The molecule has 0 aliphatic rings. The summed E-state index contributed by atoms with van der Waals surface area (Å²) in [6.07, 6.45) is 1.09. The number of aromatic amines is 1. The molecule has 0 fully saturated rings. The zero-order chi connectivity index (χ0) is 13.7. The summed E-state index contributed by atoms with van der Waals surface area (Å²) >= 11 is 0. The van der Waals surface area contributed by atoms with E-state index in [9.17, 15) is 4.79 Å². The molecule has 0 aliphatic heterocycles. The minimum Gasteiger partial charge on any atom is -0.466 e. The first-order chi connectivity index (χ1) is 9.19. The highest BCUT2D eigenvalue weighted by atomic mass is 16.5. The third-order valence-corrected chi connectivity index (χ3v) is 2.79. The van der Waals surface area contributed by atoms with Crippen LogP contribution in [-0.4, -0.2) is 28.2 Å². The third kappa shape index (κ3) is 3.54. The molecule has 2 rings (SSSR count). The van der Waals surface area contributed by atoms with Crippen molar-refractivity contribution in [3.05, 3.63) is 35.4 Å². The minimum absolute atomic E-state index is 0.109. The second-order valence-electron chi connectivity index (χ2n) is 4.15. The summed E-state index contributed by atoms with van der Waals surface area (Å²) in [6.45, 7) is 2.04. The molecule has 0 unspecified atom stereocenters. The molecule has 2 N–H and O–H groups in total. The van der Waals surface area contributed by atoms with Gasteiger partial charge in [-0.05, 0) is 24.5 Å². The number of methoxy groups -OCH3 is 1. The number of rotatable bonds is 5. The number of hydrogen-bond donors (Lipinski definition) is 2. The third-order valence-electron chi connectivity index (χ3n) is 2.79. The summed E-state index contributed by atoms with van der Waals surface area (Å²) in [7, 11) is 1.47. The lowest BCUT2D eigenvalue weighted by Gasteiger charge is -2.04. The normalized spacial score (nSPS) is 10.2. The summed E-state index contributed by atoms with van der Waals surface area (Å²) in [5.41, 5.74) is 2.37. The van der Waals surface area contributed by atoms with Crippen LogP contribution in [0.3, 0.4) is 0 Å². The number of nitrogens with one attached hydrogen (secondary N) is 2. The fourth-order valence-electron chi connectivity index (χ4n) is 1.73. The molecule has 1 amide bonds. The SMILES string of the molecule is COc1n[nH]c(NC(=O)CCc2ccccc2C)n1. The zero-order valence-electron chi connectivity index (χ0n) is 10.9. The zero-order valence-corrected chi connectivity index (χ0v) is 10.9. The monoisotopic (exact) mass is 260 g/mol. The second kappa shape index (κ2) is 5.99. The molecule has 6 heteroatoms. The Balaban J connectivity index is 1.86. The van der Waals surface area contributed by atoms with Crippen molar-refractivity contribution in [3.63, 3.8) is 0 Å². The first kappa shape index (κ1) is 13.1. The molecule has 1 aromatic heterocycles. The van der Waals surface area contributed by atoms with Gasteiger partial charge in [0.1, 0.15) is 0 Å². The Kier molecular flexibility index (Phi) is 4.12. The van der Waals surface area contributed by atoms with E-state index >= 15 is 0 Å². The summed E-state index contributed by atoms with van der Waals surface area (Å²) in [6, 6.07) is 8.23. The molecule has 6 nitrogen and oxygen atoms in total. The Morgan fingerprint density at radius 3 is 2.89 bits per heavy atom. The summed E-state index contributed by atoms with van der Waals surface area (Å²) < 4.78 is 4.82. The Morgan fingerprint density at radius 1 is 1.42 bits per heavy atom. The fraction of sp³-hybridized carbons (Fsp3) is 0.308. The van der Waals surface area contributed by atoms with Crippen molar-refractivity contribution in [3.8, 4) is 6.01 Å². The molecule has 19 heavy (non-hydrogen) atoms. The van der Waals surface area contributed by atoms with Crippen LogP contribution in [0.25, 0.3) is 0 Å². The first-order valence-corrected chi connectivity index (χ1v) is 6.00. The van der Waals surface area contributed by atoms with Gasteiger partial charge in [-0.1, -0.05) is 24.3 Å². The smallest absolute Gasteiger partial charge is 0.336 e. The number of carbonyl (C=O) groups excluding carboxylic acids is 1. The van der Waals surface area contributed by atoms with E-state index in [1.807, 2.05) is 31.2 Å². The Hall–Kier alpha value is -2.37. The second-order valence-corrected chi connectivity index (χ2v) is 4.15. The minimum atomic E-state index is -0.109. The molecule has 0 saturated heterocycles. The van der Waals surface area contributed by atoms with Gasteiger partial charge in [-0.2, -0.15) is 4.98 Å². The molecule has 1 heterocycles. The predicted octanol–water partition coefficient (Wildman–Crippen LogP) is 1.69. The number of anilines is 1. The van der Waals surface area contributed by atoms with Crippen molar-refractivity contribution in [2.24, 2.45) is 0 Å². The molecule has 0 aliphatic carbocycles. The van der Waals surface area contributed by atoms with Gasteiger partial charge in [0.25, 0.3) is 0 Å². The number of carbonyl (C=O) groups is 1. The number of hydrogen-bond acceptors (Lipinski definition) is 4. The van der Waals surface area contributed by atoms with Gasteiger partial charge in [0.15, 0.2) is 0 Å². The maximum absolute atomic E-state index is 11.8. The van der Waals surface area contributed by atoms with Crippen LogP contribution >= 0.6 is 0 Å². The van der Waals surface area contributed by atoms with E-state index in [-0.39, 0.29) is 11.9 Å². The van der Waals surface area contributed by atoms with Crippen molar-refractivity contribution in [2.45, 2.75) is 19.8 Å². The summed E-state index contributed by atoms with van der Waals surface area (Å²) in [5, 5.41) is 8.96. The maximum Gasteiger partial charge on any atom is 0.336 e. The van der Waals surface area contributed by atoms with Crippen LogP contribution in [0.15, 0.2) is 24.3 Å². The van der Waals surface area contributed by atoms with Crippen molar-refractivity contribution in [2.75, 3.05) is 12.4 Å². The van der Waals surface area contributed by atoms with Gasteiger partial charge in [-0.15, -0.1) is 5.10 Å². The van der Waals surface area contributed by atoms with E-state index in [0.29, 0.717) is 18.8 Å². The van der Waals surface area contributed by atoms with Crippen molar-refractivity contribution in [1.82, 2.24) is 15.2 Å². The quantitative estimate of drug-likeness (QED) is 0.857. The van der Waals surface area contributed by atoms with Crippen LogP contribution in [-0.2, 0) is 11.2 Å². The van der Waals surface area contributed by atoms with Gasteiger partial charge in [-0.3, -0.25) is 10.1 Å². The highest BCUT2D eigenvalue weighted by Crippen LogP contribution is 2.10. The number of H-pyrrole nitrogens is 1. The lowest BCUT2D eigenvalue weighted by molar-refractivity contribution is -0.116. The van der Waals surface area contributed by atoms with Crippen LogP contribution in [0.5, 0.6) is 6.01 Å². The number of nitrogens with zero attached hydrogens (tertiary/aromatic N) is 2. The van der Waals surface area contributed by atoms with E-state index in [1.54, 1.807) is 0 Å². The van der Waals surface area contributed by atoms with Crippen LogP contribution in [0.4, 0.5) is 5.95 Å². The number of benzene rings is 1. The van der Waals surface area contributed by atoms with Crippen LogP contribution in [0, 0.1) is 6.92 Å². The standard InChI is InChI=1S/C13H16N4O2/c1-9-5-3-4-6-10(9)7-8-11(18)14-12-15-13(19-2)17-16-12/h3-6H,7-8H2,1-2H3,(H2,14,15,16,17,18). The van der Waals surface area contributed by atoms with E-state index in [4.69, 9.17) is 4.74 Å². The molecule has 2 aromatic rings. The maximum atomic E-state index is 11.8. The van der Waals surface area contributed by atoms with E-state index in [1.165, 1.54) is 18.2 Å².